The van der Waals surface area contributed by atoms with Crippen molar-refractivity contribution in [1.82, 2.24) is 10.6 Å². The largest absolute Gasteiger partial charge is 0.480 e. The second kappa shape index (κ2) is 12.1. The van der Waals surface area contributed by atoms with E-state index in [1.54, 1.807) is 72.8 Å². The monoisotopic (exact) mass is 458 g/mol. The summed E-state index contributed by atoms with van der Waals surface area (Å²) < 4.78 is 0. The molecule has 2 amide bonds. The van der Waals surface area contributed by atoms with Crippen LogP contribution in [0, 0.1) is 0 Å². The summed E-state index contributed by atoms with van der Waals surface area (Å²) in [7, 11) is 0. The Morgan fingerprint density at radius 1 is 0.794 bits per heavy atom. The minimum atomic E-state index is -1.71. The zero-order chi connectivity index (χ0) is 24.3. The second-order valence-electron chi connectivity index (χ2n) is 7.62. The summed E-state index contributed by atoms with van der Waals surface area (Å²) >= 11 is 0. The number of carbonyl (C=O) groups excluding carboxylic acids is 2. The fraction of sp³-hybridized carbons (Fsp3) is 0.148. The van der Waals surface area contributed by atoms with Crippen molar-refractivity contribution in [2.24, 2.45) is 0 Å². The first-order valence-electron chi connectivity index (χ1n) is 10.8. The number of hydrogen-bond donors (Lipinski definition) is 4. The van der Waals surface area contributed by atoms with Crippen LogP contribution in [-0.2, 0) is 9.59 Å². The van der Waals surface area contributed by atoms with Crippen LogP contribution in [-0.4, -0.2) is 40.1 Å². The van der Waals surface area contributed by atoms with Crippen molar-refractivity contribution in [2.75, 3.05) is 0 Å². The molecule has 7 nitrogen and oxygen atoms in total. The first-order valence-corrected chi connectivity index (χ1v) is 10.8. The maximum Gasteiger partial charge on any atom is 0.326 e. The molecule has 34 heavy (non-hydrogen) atoms. The SMILES string of the molecule is O=C(N[C@@H](c1ccccc1)[C@@H](O)C(=O)N[C@H](C/C=C/c1ccccc1)C(=O)O)c1ccccc1. The van der Waals surface area contributed by atoms with Gasteiger partial charge < -0.3 is 20.8 Å². The maximum atomic E-state index is 12.8. The summed E-state index contributed by atoms with van der Waals surface area (Å²) in [6.07, 6.45) is 1.71. The number of carbonyl (C=O) groups is 3. The van der Waals surface area contributed by atoms with Gasteiger partial charge in [0, 0.05) is 5.56 Å². The minimum absolute atomic E-state index is 0.0229. The average molecular weight is 459 g/mol. The molecule has 0 fully saturated rings. The molecule has 0 saturated carbocycles. The normalized spacial score (nSPS) is 13.6. The number of rotatable bonds is 10. The Labute approximate surface area is 197 Å². The number of amides is 2. The summed E-state index contributed by atoms with van der Waals surface area (Å²) in [6, 6.07) is 24.0. The fourth-order valence-electron chi connectivity index (χ4n) is 3.35. The smallest absolute Gasteiger partial charge is 0.326 e. The van der Waals surface area contributed by atoms with Crippen molar-refractivity contribution >= 4 is 23.9 Å². The van der Waals surface area contributed by atoms with Crippen LogP contribution in [0.4, 0.5) is 0 Å². The Hall–Kier alpha value is -4.23. The van der Waals surface area contributed by atoms with Crippen molar-refractivity contribution < 1.29 is 24.6 Å². The maximum absolute atomic E-state index is 12.8. The Balaban J connectivity index is 1.73. The van der Waals surface area contributed by atoms with Gasteiger partial charge in [-0.25, -0.2) is 4.79 Å². The zero-order valence-electron chi connectivity index (χ0n) is 18.4. The third-order valence-electron chi connectivity index (χ3n) is 5.16. The van der Waals surface area contributed by atoms with Crippen molar-refractivity contribution in [3.05, 3.63) is 114 Å². The molecule has 0 aliphatic rings. The van der Waals surface area contributed by atoms with Crippen LogP contribution in [0.1, 0.15) is 33.9 Å². The highest BCUT2D eigenvalue weighted by Crippen LogP contribution is 2.19. The predicted octanol–water partition coefficient (Wildman–Crippen LogP) is 3.19. The number of aliphatic carboxylic acids is 1. The molecule has 3 aromatic carbocycles. The quantitative estimate of drug-likeness (QED) is 0.372. The van der Waals surface area contributed by atoms with Crippen LogP contribution >= 0.6 is 0 Å². The molecule has 3 atom stereocenters. The van der Waals surface area contributed by atoms with Gasteiger partial charge in [0.25, 0.3) is 11.8 Å². The van der Waals surface area contributed by atoms with Crippen LogP contribution < -0.4 is 10.6 Å². The fourth-order valence-corrected chi connectivity index (χ4v) is 3.35. The first-order chi connectivity index (χ1) is 16.5. The van der Waals surface area contributed by atoms with E-state index in [1.165, 1.54) is 0 Å². The molecule has 0 radical (unpaired) electrons. The van der Waals surface area contributed by atoms with Crippen LogP contribution in [0.3, 0.4) is 0 Å². The Morgan fingerprint density at radius 3 is 1.94 bits per heavy atom. The molecule has 0 aliphatic heterocycles. The average Bonchev–Trinajstić information content (AvgIpc) is 2.87. The zero-order valence-corrected chi connectivity index (χ0v) is 18.4. The third kappa shape index (κ3) is 6.88. The van der Waals surface area contributed by atoms with Gasteiger partial charge >= 0.3 is 5.97 Å². The van der Waals surface area contributed by atoms with E-state index >= 15 is 0 Å². The molecule has 0 heterocycles. The highest BCUT2D eigenvalue weighted by Gasteiger charge is 2.31. The van der Waals surface area contributed by atoms with Gasteiger partial charge in [0.1, 0.15) is 6.04 Å². The first kappa shape index (κ1) is 24.4. The van der Waals surface area contributed by atoms with E-state index in [0.29, 0.717) is 11.1 Å². The molecular weight excluding hydrogens is 432 g/mol. The van der Waals surface area contributed by atoms with Gasteiger partial charge in [0.05, 0.1) is 6.04 Å². The van der Waals surface area contributed by atoms with Crippen LogP contribution in [0.15, 0.2) is 97.1 Å². The Kier molecular flexibility index (Phi) is 8.71. The number of aliphatic hydroxyl groups is 1. The highest BCUT2D eigenvalue weighted by atomic mass is 16.4. The summed E-state index contributed by atoms with van der Waals surface area (Å²) in [5.41, 5.74) is 1.77. The number of hydrogen-bond acceptors (Lipinski definition) is 4. The van der Waals surface area contributed by atoms with E-state index < -0.39 is 36.0 Å². The molecule has 0 spiro atoms. The van der Waals surface area contributed by atoms with Crippen molar-refractivity contribution in [3.63, 3.8) is 0 Å². The van der Waals surface area contributed by atoms with Crippen LogP contribution in [0.5, 0.6) is 0 Å². The second-order valence-corrected chi connectivity index (χ2v) is 7.62. The molecule has 3 rings (SSSR count). The molecule has 3 aromatic rings. The Morgan fingerprint density at radius 2 is 1.35 bits per heavy atom. The van der Waals surface area contributed by atoms with Crippen molar-refractivity contribution in [3.8, 4) is 0 Å². The lowest BCUT2D eigenvalue weighted by Crippen LogP contribution is -2.50. The number of benzene rings is 3. The minimum Gasteiger partial charge on any atom is -0.480 e. The number of carboxylic acids is 1. The summed E-state index contributed by atoms with van der Waals surface area (Å²) in [6.45, 7) is 0. The van der Waals surface area contributed by atoms with E-state index in [4.69, 9.17) is 0 Å². The molecule has 174 valence electrons. The summed E-state index contributed by atoms with van der Waals surface area (Å²) in [5, 5.41) is 25.4. The van der Waals surface area contributed by atoms with Gasteiger partial charge in [0.15, 0.2) is 6.10 Å². The van der Waals surface area contributed by atoms with E-state index in [-0.39, 0.29) is 6.42 Å². The lowest BCUT2D eigenvalue weighted by atomic mass is 9.99. The van der Waals surface area contributed by atoms with E-state index in [2.05, 4.69) is 10.6 Å². The highest BCUT2D eigenvalue weighted by molar-refractivity contribution is 5.95. The number of carboxylic acid groups (broad SMARTS) is 1. The van der Waals surface area contributed by atoms with Crippen LogP contribution in [0.25, 0.3) is 6.08 Å². The number of aliphatic hydroxyl groups excluding tert-OH is 1. The topological polar surface area (TPSA) is 116 Å². The van der Waals surface area contributed by atoms with Crippen molar-refractivity contribution in [2.45, 2.75) is 24.6 Å². The summed E-state index contributed by atoms with van der Waals surface area (Å²) in [5.74, 6) is -2.60. The molecular formula is C27H26N2O5. The van der Waals surface area contributed by atoms with Gasteiger partial charge in [-0.15, -0.1) is 0 Å². The molecule has 0 aromatic heterocycles. The molecule has 0 bridgehead atoms. The van der Waals surface area contributed by atoms with Gasteiger partial charge in [0.2, 0.25) is 0 Å². The van der Waals surface area contributed by atoms with Gasteiger partial charge in [-0.3, -0.25) is 9.59 Å². The summed E-state index contributed by atoms with van der Waals surface area (Å²) in [4.78, 5) is 37.2. The van der Waals surface area contributed by atoms with E-state index in [9.17, 15) is 24.6 Å². The molecule has 0 aliphatic carbocycles. The molecule has 4 N–H and O–H groups in total. The molecule has 7 heteroatoms. The lowest BCUT2D eigenvalue weighted by molar-refractivity contribution is -0.143. The predicted molar refractivity (Wildman–Crippen MR) is 129 cm³/mol. The van der Waals surface area contributed by atoms with Gasteiger partial charge in [-0.1, -0.05) is 91.0 Å². The van der Waals surface area contributed by atoms with E-state index in [1.807, 2.05) is 30.3 Å². The Bertz CT molecular complexity index is 1120. The standard InChI is InChI=1S/C27H26N2O5/c30-24(26(32)28-22(27(33)34)18-10-13-19-11-4-1-5-12-19)23(20-14-6-2-7-15-20)29-25(31)21-16-8-3-9-17-21/h1-17,22-24,30H,18H2,(H,28,32)(H,29,31)(H,33,34)/b13-10+/t22-,23+,24-/m1/s1. The van der Waals surface area contributed by atoms with Gasteiger partial charge in [-0.2, -0.15) is 0 Å². The third-order valence-corrected chi connectivity index (χ3v) is 5.16. The molecule has 0 saturated heterocycles. The van der Waals surface area contributed by atoms with Gasteiger partial charge in [-0.05, 0) is 29.7 Å². The lowest BCUT2D eigenvalue weighted by Gasteiger charge is -2.25. The van der Waals surface area contributed by atoms with E-state index in [0.717, 1.165) is 5.56 Å². The van der Waals surface area contributed by atoms with Crippen molar-refractivity contribution in [1.29, 1.82) is 0 Å². The molecule has 0 unspecified atom stereocenters. The van der Waals surface area contributed by atoms with Crippen LogP contribution in [0.2, 0.25) is 0 Å². The number of nitrogens with one attached hydrogen (secondary N) is 2.